The summed E-state index contributed by atoms with van der Waals surface area (Å²) in [7, 11) is 0. The molecule has 1 heterocycles. The van der Waals surface area contributed by atoms with E-state index in [-0.39, 0.29) is 0 Å². The van der Waals surface area contributed by atoms with E-state index in [0.29, 0.717) is 6.42 Å². The third-order valence-corrected chi connectivity index (χ3v) is 3.32. The van der Waals surface area contributed by atoms with E-state index in [4.69, 9.17) is 0 Å². The predicted octanol–water partition coefficient (Wildman–Crippen LogP) is 3.04. The summed E-state index contributed by atoms with van der Waals surface area (Å²) in [6.07, 6.45) is 1.88. The van der Waals surface area contributed by atoms with Crippen molar-refractivity contribution >= 4 is 11.3 Å². The van der Waals surface area contributed by atoms with Gasteiger partial charge in [-0.05, 0) is 19.4 Å². The van der Waals surface area contributed by atoms with Crippen molar-refractivity contribution in [3.05, 3.63) is 51.5 Å². The van der Waals surface area contributed by atoms with E-state index in [0.717, 1.165) is 5.01 Å². The summed E-state index contributed by atoms with van der Waals surface area (Å²) in [6.45, 7) is 4.15. The van der Waals surface area contributed by atoms with Crippen molar-refractivity contribution in [3.8, 4) is 0 Å². The highest BCUT2D eigenvalue weighted by atomic mass is 32.1. The molecule has 0 amide bonds. The molecule has 1 aromatic carbocycles. The van der Waals surface area contributed by atoms with E-state index in [1.807, 2.05) is 5.38 Å². The van der Waals surface area contributed by atoms with Crippen LogP contribution in [0.5, 0.6) is 0 Å². The van der Waals surface area contributed by atoms with Crippen LogP contribution < -0.4 is 0 Å². The summed E-state index contributed by atoms with van der Waals surface area (Å²) in [4.78, 5) is 4.13. The number of aliphatic hydroxyl groups is 1. The smallest absolute Gasteiger partial charge is 0.121 e. The standard InChI is InChI=1S/C13H15NOS/c1-9-5-10(2)7-11(6-9)8-12(15)13-14-3-4-16-13/h3-7,12,15H,8H2,1-2H3. The number of aliphatic hydroxyl groups excluding tert-OH is 1. The predicted molar refractivity (Wildman–Crippen MR) is 66.7 cm³/mol. The number of rotatable bonds is 3. The Labute approximate surface area is 99.6 Å². The van der Waals surface area contributed by atoms with Crippen molar-refractivity contribution in [2.45, 2.75) is 26.4 Å². The number of nitrogens with zero attached hydrogens (tertiary/aromatic N) is 1. The molecule has 0 saturated carbocycles. The summed E-state index contributed by atoms with van der Waals surface area (Å²) in [6, 6.07) is 6.37. The highest BCUT2D eigenvalue weighted by Gasteiger charge is 2.11. The highest BCUT2D eigenvalue weighted by Crippen LogP contribution is 2.21. The average molecular weight is 233 g/mol. The lowest BCUT2D eigenvalue weighted by Gasteiger charge is -2.09. The van der Waals surface area contributed by atoms with Gasteiger partial charge in [-0.15, -0.1) is 11.3 Å². The minimum Gasteiger partial charge on any atom is -0.386 e. The molecule has 0 aliphatic heterocycles. The maximum absolute atomic E-state index is 9.99. The van der Waals surface area contributed by atoms with Gasteiger partial charge in [-0.25, -0.2) is 4.98 Å². The van der Waals surface area contributed by atoms with Crippen LogP contribution in [0.25, 0.3) is 0 Å². The molecular formula is C13H15NOS. The normalized spacial score (nSPS) is 12.7. The number of aryl methyl sites for hydroxylation is 2. The van der Waals surface area contributed by atoms with Crippen LogP contribution in [-0.2, 0) is 6.42 Å². The quantitative estimate of drug-likeness (QED) is 0.884. The Morgan fingerprint density at radius 2 is 1.94 bits per heavy atom. The summed E-state index contributed by atoms with van der Waals surface area (Å²) in [5.41, 5.74) is 3.64. The van der Waals surface area contributed by atoms with Gasteiger partial charge in [-0.3, -0.25) is 0 Å². The molecule has 2 aromatic rings. The minimum absolute atomic E-state index is 0.485. The molecule has 2 rings (SSSR count). The van der Waals surface area contributed by atoms with Crippen LogP contribution in [0.2, 0.25) is 0 Å². The number of aromatic nitrogens is 1. The van der Waals surface area contributed by atoms with Crippen LogP contribution in [-0.4, -0.2) is 10.1 Å². The second-order valence-electron chi connectivity index (χ2n) is 4.09. The second-order valence-corrected chi connectivity index (χ2v) is 5.01. The van der Waals surface area contributed by atoms with Gasteiger partial charge in [-0.2, -0.15) is 0 Å². The fourth-order valence-electron chi connectivity index (χ4n) is 1.90. The van der Waals surface area contributed by atoms with Gasteiger partial charge < -0.3 is 5.11 Å². The molecule has 0 aliphatic carbocycles. The van der Waals surface area contributed by atoms with E-state index in [9.17, 15) is 5.11 Å². The topological polar surface area (TPSA) is 33.1 Å². The average Bonchev–Trinajstić information content (AvgIpc) is 2.68. The Balaban J connectivity index is 2.15. The summed E-state index contributed by atoms with van der Waals surface area (Å²) in [5.74, 6) is 0. The number of hydrogen-bond acceptors (Lipinski definition) is 3. The van der Waals surface area contributed by atoms with Crippen molar-refractivity contribution in [1.29, 1.82) is 0 Å². The third kappa shape index (κ3) is 2.68. The molecule has 0 radical (unpaired) electrons. The fourth-order valence-corrected chi connectivity index (χ4v) is 2.52. The van der Waals surface area contributed by atoms with Crippen molar-refractivity contribution in [2.75, 3.05) is 0 Å². The molecule has 0 spiro atoms. The Hall–Kier alpha value is -1.19. The SMILES string of the molecule is Cc1cc(C)cc(CC(O)c2nccs2)c1. The molecule has 16 heavy (non-hydrogen) atoms. The number of benzene rings is 1. The Kier molecular flexibility index (Phi) is 3.36. The van der Waals surface area contributed by atoms with Crippen molar-refractivity contribution in [2.24, 2.45) is 0 Å². The lowest BCUT2D eigenvalue weighted by molar-refractivity contribution is 0.178. The number of thiazole rings is 1. The lowest BCUT2D eigenvalue weighted by Crippen LogP contribution is -2.01. The molecule has 0 aliphatic rings. The zero-order chi connectivity index (χ0) is 11.5. The fraction of sp³-hybridized carbons (Fsp3) is 0.308. The van der Waals surface area contributed by atoms with Crippen LogP contribution in [0, 0.1) is 13.8 Å². The van der Waals surface area contributed by atoms with Gasteiger partial charge >= 0.3 is 0 Å². The van der Waals surface area contributed by atoms with Crippen molar-refractivity contribution < 1.29 is 5.11 Å². The monoisotopic (exact) mass is 233 g/mol. The Bertz CT molecular complexity index is 445. The molecule has 0 fully saturated rings. The Morgan fingerprint density at radius 1 is 1.25 bits per heavy atom. The van der Waals surface area contributed by atoms with Gasteiger partial charge in [0.25, 0.3) is 0 Å². The molecule has 1 unspecified atom stereocenters. The zero-order valence-corrected chi connectivity index (χ0v) is 10.3. The lowest BCUT2D eigenvalue weighted by atomic mass is 10.0. The van der Waals surface area contributed by atoms with Crippen LogP contribution >= 0.6 is 11.3 Å². The van der Waals surface area contributed by atoms with Gasteiger partial charge in [0.2, 0.25) is 0 Å². The molecule has 3 heteroatoms. The van der Waals surface area contributed by atoms with Gasteiger partial charge in [0.15, 0.2) is 0 Å². The van der Waals surface area contributed by atoms with E-state index in [2.05, 4.69) is 37.0 Å². The first-order chi connectivity index (χ1) is 7.65. The van der Waals surface area contributed by atoms with E-state index < -0.39 is 6.10 Å². The maximum Gasteiger partial charge on any atom is 0.121 e. The third-order valence-electron chi connectivity index (χ3n) is 2.45. The summed E-state index contributed by atoms with van der Waals surface area (Å²) in [5, 5.41) is 12.7. The first-order valence-corrected chi connectivity index (χ1v) is 6.18. The molecule has 0 saturated heterocycles. The minimum atomic E-state index is -0.485. The molecule has 0 bridgehead atoms. The summed E-state index contributed by atoms with van der Waals surface area (Å²) < 4.78 is 0. The van der Waals surface area contributed by atoms with Crippen molar-refractivity contribution in [1.82, 2.24) is 4.98 Å². The van der Waals surface area contributed by atoms with Crippen molar-refractivity contribution in [3.63, 3.8) is 0 Å². The summed E-state index contributed by atoms with van der Waals surface area (Å²) >= 11 is 1.50. The first-order valence-electron chi connectivity index (χ1n) is 5.30. The second kappa shape index (κ2) is 4.76. The van der Waals surface area contributed by atoms with Crippen LogP contribution in [0.15, 0.2) is 29.8 Å². The molecular weight excluding hydrogens is 218 g/mol. The van der Waals surface area contributed by atoms with Gasteiger partial charge in [0.1, 0.15) is 11.1 Å². The molecule has 1 N–H and O–H groups in total. The molecule has 2 nitrogen and oxygen atoms in total. The van der Waals surface area contributed by atoms with Gasteiger partial charge in [-0.1, -0.05) is 29.3 Å². The largest absolute Gasteiger partial charge is 0.386 e. The maximum atomic E-state index is 9.99. The van der Waals surface area contributed by atoms with Crippen LogP contribution in [0.3, 0.4) is 0 Å². The van der Waals surface area contributed by atoms with Crippen LogP contribution in [0.1, 0.15) is 27.8 Å². The Morgan fingerprint density at radius 3 is 2.50 bits per heavy atom. The van der Waals surface area contributed by atoms with E-state index >= 15 is 0 Å². The number of hydrogen-bond donors (Lipinski definition) is 1. The van der Waals surface area contributed by atoms with E-state index in [1.54, 1.807) is 6.20 Å². The molecule has 1 aromatic heterocycles. The van der Waals surface area contributed by atoms with Gasteiger partial charge in [0.05, 0.1) is 0 Å². The van der Waals surface area contributed by atoms with E-state index in [1.165, 1.54) is 28.0 Å². The van der Waals surface area contributed by atoms with Crippen LogP contribution in [0.4, 0.5) is 0 Å². The highest BCUT2D eigenvalue weighted by molar-refractivity contribution is 7.09. The molecule has 84 valence electrons. The molecule has 1 atom stereocenters. The zero-order valence-electron chi connectivity index (χ0n) is 9.47. The first kappa shape index (κ1) is 11.3. The van der Waals surface area contributed by atoms with Gasteiger partial charge in [0, 0.05) is 18.0 Å².